The van der Waals surface area contributed by atoms with Gasteiger partial charge in [-0.3, -0.25) is 9.69 Å². The fraction of sp³-hybridized carbons (Fsp3) is 0.263. The van der Waals surface area contributed by atoms with Crippen LogP contribution in [0, 0.1) is 6.92 Å². The number of thiazole rings is 1. The second-order valence-electron chi connectivity index (χ2n) is 5.95. The smallest absolute Gasteiger partial charge is 0.344 e. The van der Waals surface area contributed by atoms with Crippen molar-refractivity contribution < 1.29 is 18.8 Å². The molecule has 3 rings (SSSR count). The van der Waals surface area contributed by atoms with Crippen molar-refractivity contribution in [2.75, 3.05) is 4.90 Å². The topological polar surface area (TPSA) is 85.5 Å². The van der Waals surface area contributed by atoms with E-state index in [-0.39, 0.29) is 12.5 Å². The van der Waals surface area contributed by atoms with Crippen LogP contribution < -0.4 is 4.90 Å². The first-order valence-electron chi connectivity index (χ1n) is 8.53. The van der Waals surface area contributed by atoms with Gasteiger partial charge in [0.1, 0.15) is 17.9 Å². The van der Waals surface area contributed by atoms with Crippen LogP contribution in [0.1, 0.15) is 41.4 Å². The van der Waals surface area contributed by atoms with Gasteiger partial charge in [-0.1, -0.05) is 29.7 Å². The minimum Gasteiger partial charge on any atom is -0.455 e. The van der Waals surface area contributed by atoms with Crippen LogP contribution >= 0.6 is 22.9 Å². The summed E-state index contributed by atoms with van der Waals surface area (Å²) in [6, 6.07) is 6.95. The Morgan fingerprint density at radius 1 is 1.36 bits per heavy atom. The molecule has 0 unspecified atom stereocenters. The molecular weight excluding hydrogens is 402 g/mol. The highest BCUT2D eigenvalue weighted by molar-refractivity contribution is 7.14. The standard InChI is InChI=1S/C19H18ClN3O4S/c1-4-16-17(11(2)27-22-16)18(25)26-9-14-10-28-19(21-14)23(12(3)24)15-7-5-6-13(20)8-15/h5-8,10H,4,9H2,1-3H3. The van der Waals surface area contributed by atoms with Gasteiger partial charge in [-0.25, -0.2) is 9.78 Å². The predicted molar refractivity (Wildman–Crippen MR) is 106 cm³/mol. The van der Waals surface area contributed by atoms with E-state index in [4.69, 9.17) is 20.9 Å². The van der Waals surface area contributed by atoms with E-state index < -0.39 is 5.97 Å². The molecule has 0 aliphatic heterocycles. The lowest BCUT2D eigenvalue weighted by molar-refractivity contribution is -0.115. The third kappa shape index (κ3) is 4.23. The lowest BCUT2D eigenvalue weighted by Crippen LogP contribution is -2.22. The van der Waals surface area contributed by atoms with E-state index in [1.807, 2.05) is 6.92 Å². The normalized spacial score (nSPS) is 10.7. The van der Waals surface area contributed by atoms with Gasteiger partial charge < -0.3 is 9.26 Å². The molecule has 0 aliphatic rings. The van der Waals surface area contributed by atoms with Crippen LogP contribution in [-0.2, 0) is 22.6 Å². The molecule has 146 valence electrons. The van der Waals surface area contributed by atoms with E-state index in [9.17, 15) is 9.59 Å². The molecule has 0 N–H and O–H groups in total. The Morgan fingerprint density at radius 2 is 2.14 bits per heavy atom. The summed E-state index contributed by atoms with van der Waals surface area (Å²) < 4.78 is 10.4. The van der Waals surface area contributed by atoms with Gasteiger partial charge in [0.2, 0.25) is 5.91 Å². The summed E-state index contributed by atoms with van der Waals surface area (Å²) in [4.78, 5) is 30.4. The number of hydrogen-bond donors (Lipinski definition) is 0. The van der Waals surface area contributed by atoms with Crippen molar-refractivity contribution in [3.05, 3.63) is 57.4 Å². The molecule has 0 saturated carbocycles. The van der Waals surface area contributed by atoms with Gasteiger partial charge in [0.15, 0.2) is 5.13 Å². The van der Waals surface area contributed by atoms with Gasteiger partial charge in [0, 0.05) is 17.3 Å². The fourth-order valence-electron chi connectivity index (χ4n) is 2.64. The number of amides is 1. The average molecular weight is 420 g/mol. The molecule has 0 aliphatic carbocycles. The highest BCUT2D eigenvalue weighted by atomic mass is 35.5. The molecule has 0 saturated heterocycles. The first-order valence-corrected chi connectivity index (χ1v) is 9.79. The lowest BCUT2D eigenvalue weighted by Gasteiger charge is -2.18. The van der Waals surface area contributed by atoms with Crippen LogP contribution in [0.2, 0.25) is 5.02 Å². The molecule has 3 aromatic rings. The van der Waals surface area contributed by atoms with Crippen molar-refractivity contribution in [1.82, 2.24) is 10.1 Å². The number of anilines is 2. The zero-order chi connectivity index (χ0) is 20.3. The molecule has 0 fully saturated rings. The van der Waals surface area contributed by atoms with Crippen LogP contribution in [-0.4, -0.2) is 22.0 Å². The summed E-state index contributed by atoms with van der Waals surface area (Å²) in [7, 11) is 0. The number of benzene rings is 1. The zero-order valence-electron chi connectivity index (χ0n) is 15.6. The molecule has 1 aromatic carbocycles. The Morgan fingerprint density at radius 3 is 2.82 bits per heavy atom. The molecule has 2 heterocycles. The number of carbonyl (C=O) groups is 2. The number of nitrogens with zero attached hydrogens (tertiary/aromatic N) is 3. The van der Waals surface area contributed by atoms with Crippen molar-refractivity contribution in [2.45, 2.75) is 33.8 Å². The monoisotopic (exact) mass is 419 g/mol. The molecular formula is C19H18ClN3O4S. The average Bonchev–Trinajstić information content (AvgIpc) is 3.26. The maximum atomic E-state index is 12.4. The van der Waals surface area contributed by atoms with Crippen molar-refractivity contribution in [2.24, 2.45) is 0 Å². The van der Waals surface area contributed by atoms with E-state index in [1.165, 1.54) is 23.2 Å². The molecule has 28 heavy (non-hydrogen) atoms. The molecule has 1 amide bonds. The Hall–Kier alpha value is -2.71. The quantitative estimate of drug-likeness (QED) is 0.538. The number of ether oxygens (including phenoxy) is 1. The van der Waals surface area contributed by atoms with Crippen molar-refractivity contribution in [3.8, 4) is 0 Å². The highest BCUT2D eigenvalue weighted by Gasteiger charge is 2.22. The minimum atomic E-state index is -0.511. The van der Waals surface area contributed by atoms with Gasteiger partial charge in [0.25, 0.3) is 0 Å². The molecule has 0 atom stereocenters. The highest BCUT2D eigenvalue weighted by Crippen LogP contribution is 2.30. The fourth-order valence-corrected chi connectivity index (χ4v) is 3.70. The number of esters is 1. The molecule has 9 heteroatoms. The van der Waals surface area contributed by atoms with Crippen LogP contribution in [0.15, 0.2) is 34.2 Å². The molecule has 0 radical (unpaired) electrons. The van der Waals surface area contributed by atoms with Crippen molar-refractivity contribution in [3.63, 3.8) is 0 Å². The van der Waals surface area contributed by atoms with Gasteiger partial charge >= 0.3 is 5.97 Å². The van der Waals surface area contributed by atoms with Gasteiger partial charge in [-0.05, 0) is 31.5 Å². The van der Waals surface area contributed by atoms with E-state index in [1.54, 1.807) is 36.6 Å². The number of aromatic nitrogens is 2. The van der Waals surface area contributed by atoms with E-state index >= 15 is 0 Å². The summed E-state index contributed by atoms with van der Waals surface area (Å²) in [6.45, 7) is 4.97. The van der Waals surface area contributed by atoms with E-state index in [0.29, 0.717) is 45.0 Å². The third-order valence-electron chi connectivity index (χ3n) is 3.94. The maximum Gasteiger partial charge on any atom is 0.344 e. The van der Waals surface area contributed by atoms with Gasteiger partial charge in [-0.15, -0.1) is 11.3 Å². The Kier molecular flexibility index (Phi) is 6.11. The number of rotatable bonds is 6. The Labute approximate surface area is 170 Å². The lowest BCUT2D eigenvalue weighted by atomic mass is 10.1. The van der Waals surface area contributed by atoms with Gasteiger partial charge in [-0.2, -0.15) is 0 Å². The van der Waals surface area contributed by atoms with Gasteiger partial charge in [0.05, 0.1) is 17.1 Å². The first kappa shape index (κ1) is 20.0. The van der Waals surface area contributed by atoms with Crippen LogP contribution in [0.3, 0.4) is 0 Å². The second kappa shape index (κ2) is 8.53. The summed E-state index contributed by atoms with van der Waals surface area (Å²) >= 11 is 7.31. The molecule has 0 spiro atoms. The molecule has 0 bridgehead atoms. The van der Waals surface area contributed by atoms with Crippen LogP contribution in [0.4, 0.5) is 10.8 Å². The largest absolute Gasteiger partial charge is 0.455 e. The van der Waals surface area contributed by atoms with Crippen molar-refractivity contribution >= 4 is 45.6 Å². The molecule has 7 nitrogen and oxygen atoms in total. The van der Waals surface area contributed by atoms with E-state index in [0.717, 1.165) is 0 Å². The Bertz CT molecular complexity index is 1010. The zero-order valence-corrected chi connectivity index (χ0v) is 17.1. The predicted octanol–water partition coefficient (Wildman–Crippen LogP) is 4.70. The number of hydrogen-bond acceptors (Lipinski definition) is 7. The number of carbonyl (C=O) groups excluding carboxylic acids is 2. The van der Waals surface area contributed by atoms with Crippen LogP contribution in [0.25, 0.3) is 0 Å². The van der Waals surface area contributed by atoms with Crippen molar-refractivity contribution in [1.29, 1.82) is 0 Å². The molecule has 2 aromatic heterocycles. The van der Waals surface area contributed by atoms with E-state index in [2.05, 4.69) is 10.1 Å². The number of aryl methyl sites for hydroxylation is 2. The number of halogens is 1. The minimum absolute atomic E-state index is 0.0234. The summed E-state index contributed by atoms with van der Waals surface area (Å²) in [5, 5.41) is 6.58. The third-order valence-corrected chi connectivity index (χ3v) is 5.05. The Balaban J connectivity index is 1.75. The maximum absolute atomic E-state index is 12.4. The first-order chi connectivity index (χ1) is 13.4. The summed E-state index contributed by atoms with van der Waals surface area (Å²) in [5.41, 5.74) is 2.06. The summed E-state index contributed by atoms with van der Waals surface area (Å²) in [5.74, 6) is -0.291. The summed E-state index contributed by atoms with van der Waals surface area (Å²) in [6.07, 6.45) is 0.565. The second-order valence-corrected chi connectivity index (χ2v) is 7.22. The van der Waals surface area contributed by atoms with Crippen LogP contribution in [0.5, 0.6) is 0 Å². The SMILES string of the molecule is CCc1noc(C)c1C(=O)OCc1csc(N(C(C)=O)c2cccc(Cl)c2)n1.